The Labute approximate surface area is 122 Å². The van der Waals surface area contributed by atoms with E-state index in [2.05, 4.69) is 36.2 Å². The van der Waals surface area contributed by atoms with E-state index in [0.717, 1.165) is 10.7 Å². The van der Waals surface area contributed by atoms with E-state index in [1.807, 2.05) is 0 Å². The molecule has 0 N–H and O–H groups in total. The predicted molar refractivity (Wildman–Crippen MR) is 78.1 cm³/mol. The van der Waals surface area contributed by atoms with Crippen molar-refractivity contribution in [2.75, 3.05) is 6.61 Å². The zero-order chi connectivity index (χ0) is 14.8. The molecule has 0 aliphatic heterocycles. The highest BCUT2D eigenvalue weighted by Crippen LogP contribution is 2.24. The van der Waals surface area contributed by atoms with Gasteiger partial charge in [0, 0.05) is 17.0 Å². The van der Waals surface area contributed by atoms with Crippen LogP contribution in [0.25, 0.3) is 0 Å². The normalized spacial score (nSPS) is 11.6. The van der Waals surface area contributed by atoms with Crippen LogP contribution in [-0.2, 0) is 16.7 Å². The molecular weight excluding hydrogens is 274 g/mol. The highest BCUT2D eigenvalue weighted by molar-refractivity contribution is 7.09. The summed E-state index contributed by atoms with van der Waals surface area (Å²) in [5, 5.41) is 7.22. The fraction of sp³-hybridized carbons (Fsp3) is 0.500. The zero-order valence-corrected chi connectivity index (χ0v) is 13.0. The van der Waals surface area contributed by atoms with Crippen LogP contribution in [0.1, 0.15) is 48.8 Å². The zero-order valence-electron chi connectivity index (χ0n) is 12.2. The lowest BCUT2D eigenvalue weighted by atomic mass is 9.93. The van der Waals surface area contributed by atoms with Crippen LogP contribution in [0.3, 0.4) is 0 Å². The Hall–Kier alpha value is -1.69. The van der Waals surface area contributed by atoms with Gasteiger partial charge in [-0.25, -0.2) is 9.78 Å². The second kappa shape index (κ2) is 5.75. The van der Waals surface area contributed by atoms with Crippen LogP contribution in [0.15, 0.2) is 17.8 Å². The molecule has 0 saturated carbocycles. The van der Waals surface area contributed by atoms with E-state index in [9.17, 15) is 4.79 Å². The van der Waals surface area contributed by atoms with E-state index in [-0.39, 0.29) is 11.4 Å². The number of thiazole rings is 1. The van der Waals surface area contributed by atoms with Crippen LogP contribution < -0.4 is 0 Å². The minimum Gasteiger partial charge on any atom is -0.462 e. The Morgan fingerprint density at radius 2 is 2.20 bits per heavy atom. The summed E-state index contributed by atoms with van der Waals surface area (Å²) in [5.74, 6) is -0.340. The molecule has 0 saturated heterocycles. The quantitative estimate of drug-likeness (QED) is 0.813. The monoisotopic (exact) mass is 293 g/mol. The molecule has 5 nitrogen and oxygen atoms in total. The van der Waals surface area contributed by atoms with E-state index >= 15 is 0 Å². The van der Waals surface area contributed by atoms with E-state index in [0.29, 0.717) is 18.7 Å². The summed E-state index contributed by atoms with van der Waals surface area (Å²) < 4.78 is 6.64. The van der Waals surface area contributed by atoms with Crippen molar-refractivity contribution >= 4 is 17.3 Å². The molecule has 0 bridgehead atoms. The molecule has 0 amide bonds. The maximum atomic E-state index is 11.6. The van der Waals surface area contributed by atoms with Crippen molar-refractivity contribution in [1.82, 2.24) is 14.8 Å². The molecule has 0 aliphatic rings. The Bertz CT molecular complexity index is 596. The molecule has 0 fully saturated rings. The number of nitrogens with zero attached hydrogens (tertiary/aromatic N) is 3. The van der Waals surface area contributed by atoms with Crippen LogP contribution >= 0.6 is 11.3 Å². The molecule has 6 heteroatoms. The summed E-state index contributed by atoms with van der Waals surface area (Å²) in [5.41, 5.74) is 1.60. The third-order valence-corrected chi connectivity index (χ3v) is 3.60. The van der Waals surface area contributed by atoms with Gasteiger partial charge in [0.25, 0.3) is 0 Å². The molecule has 108 valence electrons. The van der Waals surface area contributed by atoms with Crippen LogP contribution in [0.5, 0.6) is 0 Å². The Balaban J connectivity index is 2.07. The Morgan fingerprint density at radius 1 is 1.45 bits per heavy atom. The third-order valence-electron chi connectivity index (χ3n) is 2.76. The lowest BCUT2D eigenvalue weighted by Crippen LogP contribution is -2.12. The van der Waals surface area contributed by atoms with Crippen molar-refractivity contribution in [2.24, 2.45) is 0 Å². The van der Waals surface area contributed by atoms with E-state index in [1.165, 1.54) is 6.20 Å². The molecule has 0 aromatic carbocycles. The van der Waals surface area contributed by atoms with Crippen LogP contribution in [0.4, 0.5) is 0 Å². The molecule has 2 rings (SSSR count). The van der Waals surface area contributed by atoms with Gasteiger partial charge in [0.2, 0.25) is 0 Å². The molecule has 0 unspecified atom stereocenters. The second-order valence-electron chi connectivity index (χ2n) is 5.52. The highest BCUT2D eigenvalue weighted by atomic mass is 32.1. The van der Waals surface area contributed by atoms with Crippen LogP contribution in [0.2, 0.25) is 0 Å². The van der Waals surface area contributed by atoms with E-state index in [1.54, 1.807) is 29.1 Å². The molecule has 2 aromatic rings. The van der Waals surface area contributed by atoms with Gasteiger partial charge in [-0.2, -0.15) is 5.10 Å². The van der Waals surface area contributed by atoms with Crippen molar-refractivity contribution in [3.8, 4) is 0 Å². The summed E-state index contributed by atoms with van der Waals surface area (Å²) in [6.45, 7) is 9.13. The van der Waals surface area contributed by atoms with Crippen LogP contribution in [-0.4, -0.2) is 27.3 Å². The predicted octanol–water partition coefficient (Wildman–Crippen LogP) is 2.86. The first-order valence-electron chi connectivity index (χ1n) is 6.54. The number of hydrogen-bond donors (Lipinski definition) is 0. The topological polar surface area (TPSA) is 57.0 Å². The van der Waals surface area contributed by atoms with E-state index < -0.39 is 0 Å². The number of carbonyl (C=O) groups is 1. The number of hydrogen-bond acceptors (Lipinski definition) is 5. The molecule has 0 spiro atoms. The van der Waals surface area contributed by atoms with Gasteiger partial charge in [0.1, 0.15) is 5.01 Å². The fourth-order valence-electron chi connectivity index (χ4n) is 1.64. The summed E-state index contributed by atoms with van der Waals surface area (Å²) in [6.07, 6.45) is 3.21. The highest BCUT2D eigenvalue weighted by Gasteiger charge is 2.17. The van der Waals surface area contributed by atoms with Gasteiger partial charge in [-0.05, 0) is 6.92 Å². The summed E-state index contributed by atoms with van der Waals surface area (Å²) in [4.78, 5) is 16.2. The van der Waals surface area contributed by atoms with Gasteiger partial charge in [-0.15, -0.1) is 11.3 Å². The van der Waals surface area contributed by atoms with Crippen LogP contribution in [0, 0.1) is 0 Å². The lowest BCUT2D eigenvalue weighted by molar-refractivity contribution is 0.0526. The minimum atomic E-state index is -0.340. The molecular formula is C14H19N3O2S. The SMILES string of the molecule is CCOC(=O)c1cnn(Cc2nc(C(C)(C)C)cs2)c1. The molecule has 0 atom stereocenters. The first-order chi connectivity index (χ1) is 9.40. The third kappa shape index (κ3) is 3.45. The standard InChI is InChI=1S/C14H19N3O2S/c1-5-19-13(18)10-6-15-17(7-10)8-12-16-11(9-20-12)14(2,3)4/h6-7,9H,5,8H2,1-4H3. The molecule has 2 heterocycles. The number of rotatable bonds is 4. The van der Waals surface area contributed by atoms with Crippen molar-refractivity contribution < 1.29 is 9.53 Å². The van der Waals surface area contributed by atoms with Crippen molar-refractivity contribution in [1.29, 1.82) is 0 Å². The van der Waals surface area contributed by atoms with Crippen molar-refractivity contribution in [3.05, 3.63) is 34.0 Å². The number of aromatic nitrogens is 3. The fourth-order valence-corrected chi connectivity index (χ4v) is 2.65. The Morgan fingerprint density at radius 3 is 2.80 bits per heavy atom. The Kier molecular flexibility index (Phi) is 4.23. The van der Waals surface area contributed by atoms with Gasteiger partial charge in [-0.3, -0.25) is 4.68 Å². The van der Waals surface area contributed by atoms with Gasteiger partial charge < -0.3 is 4.74 Å². The molecule has 0 aliphatic carbocycles. The van der Waals surface area contributed by atoms with Crippen molar-refractivity contribution in [2.45, 2.75) is 39.7 Å². The largest absolute Gasteiger partial charge is 0.462 e. The molecule has 20 heavy (non-hydrogen) atoms. The van der Waals surface area contributed by atoms with Gasteiger partial charge >= 0.3 is 5.97 Å². The summed E-state index contributed by atoms with van der Waals surface area (Å²) >= 11 is 1.61. The number of esters is 1. The number of ether oxygens (including phenoxy) is 1. The maximum absolute atomic E-state index is 11.6. The van der Waals surface area contributed by atoms with Gasteiger partial charge in [0.05, 0.1) is 30.6 Å². The van der Waals surface area contributed by atoms with Gasteiger partial charge in [-0.1, -0.05) is 20.8 Å². The maximum Gasteiger partial charge on any atom is 0.341 e. The summed E-state index contributed by atoms with van der Waals surface area (Å²) in [7, 11) is 0. The molecule has 2 aromatic heterocycles. The number of carbonyl (C=O) groups excluding carboxylic acids is 1. The first kappa shape index (κ1) is 14.7. The first-order valence-corrected chi connectivity index (χ1v) is 7.42. The summed E-state index contributed by atoms with van der Waals surface area (Å²) in [6, 6.07) is 0. The molecule has 0 radical (unpaired) electrons. The van der Waals surface area contributed by atoms with Gasteiger partial charge in [0.15, 0.2) is 0 Å². The smallest absolute Gasteiger partial charge is 0.341 e. The average Bonchev–Trinajstić information content (AvgIpc) is 2.98. The second-order valence-corrected chi connectivity index (χ2v) is 6.47. The minimum absolute atomic E-state index is 0.0506. The lowest BCUT2D eigenvalue weighted by Gasteiger charge is -2.14. The van der Waals surface area contributed by atoms with Crippen molar-refractivity contribution in [3.63, 3.8) is 0 Å². The average molecular weight is 293 g/mol. The van der Waals surface area contributed by atoms with E-state index in [4.69, 9.17) is 4.74 Å².